The highest BCUT2D eigenvalue weighted by atomic mass is 32.2. The van der Waals surface area contributed by atoms with Gasteiger partial charge in [-0.1, -0.05) is 26.2 Å². The molecule has 1 aliphatic carbocycles. The molecule has 0 aromatic carbocycles. The first-order valence-corrected chi connectivity index (χ1v) is 9.38. The van der Waals surface area contributed by atoms with Crippen molar-refractivity contribution in [2.24, 2.45) is 5.92 Å². The van der Waals surface area contributed by atoms with Gasteiger partial charge in [-0.05, 0) is 18.8 Å². The van der Waals surface area contributed by atoms with E-state index in [9.17, 15) is 13.2 Å². The van der Waals surface area contributed by atoms with Crippen molar-refractivity contribution in [2.75, 3.05) is 7.11 Å². The maximum Gasteiger partial charge on any atom is 0.358 e. The van der Waals surface area contributed by atoms with Crippen LogP contribution in [0.5, 0.6) is 0 Å². The number of nitrogens with zero attached hydrogens (tertiary/aromatic N) is 1. The van der Waals surface area contributed by atoms with E-state index in [1.54, 1.807) is 0 Å². The highest BCUT2D eigenvalue weighted by molar-refractivity contribution is 7.91. The number of carbonyl (C=O) groups excluding carboxylic acids is 1. The van der Waals surface area contributed by atoms with Gasteiger partial charge in [0.05, 0.1) is 12.6 Å². The average Bonchev–Trinajstić information content (AvgIpc) is 2.96. The molecule has 1 saturated carbocycles. The Balaban J connectivity index is 2.15. The Kier molecular flexibility index (Phi) is 5.34. The molecule has 0 aliphatic heterocycles. The molecular formula is C13H20N2O4S2. The fourth-order valence-corrected chi connectivity index (χ4v) is 5.13. The van der Waals surface area contributed by atoms with Crippen molar-refractivity contribution < 1.29 is 17.9 Å². The van der Waals surface area contributed by atoms with Gasteiger partial charge in [0.1, 0.15) is 0 Å². The average molecular weight is 332 g/mol. The smallest absolute Gasteiger partial charge is 0.358 e. The van der Waals surface area contributed by atoms with Crippen molar-refractivity contribution in [3.05, 3.63) is 11.2 Å². The van der Waals surface area contributed by atoms with Crippen molar-refractivity contribution in [1.29, 1.82) is 0 Å². The minimum atomic E-state index is -3.73. The Bertz CT molecular complexity index is 597. The van der Waals surface area contributed by atoms with Gasteiger partial charge in [-0.15, -0.1) is 11.3 Å². The molecule has 0 saturated heterocycles. The summed E-state index contributed by atoms with van der Waals surface area (Å²) < 4.78 is 32.1. The van der Waals surface area contributed by atoms with Crippen LogP contribution in [0.15, 0.2) is 9.72 Å². The molecule has 21 heavy (non-hydrogen) atoms. The molecule has 1 aliphatic rings. The van der Waals surface area contributed by atoms with E-state index >= 15 is 0 Å². The van der Waals surface area contributed by atoms with E-state index in [1.807, 2.05) is 0 Å². The number of hydrogen-bond donors (Lipinski definition) is 1. The first-order valence-electron chi connectivity index (χ1n) is 7.02. The maximum atomic E-state index is 12.4. The molecule has 118 valence electrons. The van der Waals surface area contributed by atoms with E-state index in [2.05, 4.69) is 21.4 Å². The van der Waals surface area contributed by atoms with Crippen LogP contribution in [-0.4, -0.2) is 32.5 Å². The molecule has 0 bridgehead atoms. The van der Waals surface area contributed by atoms with Crippen molar-refractivity contribution in [3.8, 4) is 0 Å². The van der Waals surface area contributed by atoms with Crippen LogP contribution in [0.25, 0.3) is 0 Å². The molecule has 2 atom stereocenters. The summed E-state index contributed by atoms with van der Waals surface area (Å²) in [5.41, 5.74) is 1.20. The number of thiazole rings is 1. The summed E-state index contributed by atoms with van der Waals surface area (Å²) >= 11 is 0.933. The van der Waals surface area contributed by atoms with Gasteiger partial charge in [0.15, 0.2) is 9.90 Å². The largest absolute Gasteiger partial charge is 0.464 e. The van der Waals surface area contributed by atoms with Gasteiger partial charge in [-0.3, -0.25) is 0 Å². The predicted octanol–water partition coefficient (Wildman–Crippen LogP) is 2.18. The topological polar surface area (TPSA) is 85.4 Å². The number of nitrogens with one attached hydrogen (secondary N) is 1. The quantitative estimate of drug-likeness (QED) is 0.835. The molecule has 1 N–H and O–H groups in total. The second-order valence-corrected chi connectivity index (χ2v) is 8.00. The Hall–Kier alpha value is -0.990. The van der Waals surface area contributed by atoms with Gasteiger partial charge in [-0.25, -0.2) is 22.9 Å². The summed E-state index contributed by atoms with van der Waals surface area (Å²) in [6, 6.07) is -0.0682. The predicted molar refractivity (Wildman–Crippen MR) is 79.8 cm³/mol. The lowest BCUT2D eigenvalue weighted by atomic mass is 9.85. The van der Waals surface area contributed by atoms with Crippen LogP contribution in [0.3, 0.4) is 0 Å². The van der Waals surface area contributed by atoms with Gasteiger partial charge >= 0.3 is 5.97 Å². The molecule has 1 heterocycles. The first kappa shape index (κ1) is 16.4. The molecule has 2 unspecified atom stereocenters. The summed E-state index contributed by atoms with van der Waals surface area (Å²) in [7, 11) is -2.52. The zero-order valence-corrected chi connectivity index (χ0v) is 13.8. The Morgan fingerprint density at radius 1 is 1.52 bits per heavy atom. The molecule has 2 rings (SSSR count). The van der Waals surface area contributed by atoms with Crippen LogP contribution in [0.1, 0.15) is 49.5 Å². The summed E-state index contributed by atoms with van der Waals surface area (Å²) in [6.07, 6.45) is 4.93. The summed E-state index contributed by atoms with van der Waals surface area (Å²) in [6.45, 7) is 2.13. The van der Waals surface area contributed by atoms with Crippen LogP contribution in [0, 0.1) is 5.92 Å². The van der Waals surface area contributed by atoms with Crippen LogP contribution < -0.4 is 4.72 Å². The Morgan fingerprint density at radius 3 is 2.95 bits per heavy atom. The monoisotopic (exact) mass is 332 g/mol. The maximum absolute atomic E-state index is 12.4. The van der Waals surface area contributed by atoms with E-state index in [4.69, 9.17) is 0 Å². The zero-order valence-electron chi connectivity index (χ0n) is 12.2. The zero-order chi connectivity index (χ0) is 15.5. The van der Waals surface area contributed by atoms with Crippen molar-refractivity contribution in [1.82, 2.24) is 9.71 Å². The molecule has 1 fully saturated rings. The molecule has 1 aromatic heterocycles. The molecule has 0 amide bonds. The number of methoxy groups -OCH3 is 1. The van der Waals surface area contributed by atoms with Gasteiger partial charge in [-0.2, -0.15) is 0 Å². The second-order valence-electron chi connectivity index (χ2n) is 5.24. The van der Waals surface area contributed by atoms with Gasteiger partial charge < -0.3 is 4.74 Å². The second kappa shape index (κ2) is 6.85. The summed E-state index contributed by atoms with van der Waals surface area (Å²) in [5, 5.41) is 0. The lowest BCUT2D eigenvalue weighted by Gasteiger charge is -2.28. The highest BCUT2D eigenvalue weighted by Crippen LogP contribution is 2.28. The lowest BCUT2D eigenvalue weighted by Crippen LogP contribution is -2.38. The molecule has 8 heteroatoms. The third kappa shape index (κ3) is 3.81. The van der Waals surface area contributed by atoms with Crippen LogP contribution in [0.4, 0.5) is 0 Å². The number of ether oxygens (including phenoxy) is 1. The molecular weight excluding hydrogens is 312 g/mol. The number of esters is 1. The molecule has 0 spiro atoms. The van der Waals surface area contributed by atoms with E-state index in [-0.39, 0.29) is 15.9 Å². The van der Waals surface area contributed by atoms with Crippen LogP contribution >= 0.6 is 11.3 Å². The lowest BCUT2D eigenvalue weighted by molar-refractivity contribution is 0.0590. The fourth-order valence-electron chi connectivity index (χ4n) is 2.70. The normalized spacial score (nSPS) is 23.0. The van der Waals surface area contributed by atoms with Crippen molar-refractivity contribution in [3.63, 3.8) is 0 Å². The van der Waals surface area contributed by atoms with Crippen LogP contribution in [-0.2, 0) is 14.8 Å². The van der Waals surface area contributed by atoms with Crippen molar-refractivity contribution in [2.45, 2.75) is 49.3 Å². The van der Waals surface area contributed by atoms with Crippen molar-refractivity contribution >= 4 is 27.3 Å². The number of aromatic nitrogens is 1. The number of sulfonamides is 1. The standard InChI is InChI=1S/C13H20N2O4S2/c1-3-9-5-4-6-10(7-9)15-21(17,18)13-11(12(16)19-2)14-8-20-13/h8-10,15H,3-7H2,1-2H3. The third-order valence-electron chi connectivity index (χ3n) is 3.84. The van der Waals surface area contributed by atoms with E-state index in [0.717, 1.165) is 43.4 Å². The number of hydrogen-bond acceptors (Lipinski definition) is 6. The molecule has 0 radical (unpaired) electrons. The van der Waals surface area contributed by atoms with E-state index in [0.29, 0.717) is 5.92 Å². The summed E-state index contributed by atoms with van der Waals surface area (Å²) in [5.74, 6) is -0.167. The van der Waals surface area contributed by atoms with E-state index < -0.39 is 16.0 Å². The van der Waals surface area contributed by atoms with Crippen LogP contribution in [0.2, 0.25) is 0 Å². The number of carbonyl (C=O) groups is 1. The minimum absolute atomic E-state index is 0.0621. The minimum Gasteiger partial charge on any atom is -0.464 e. The molecule has 1 aromatic rings. The SMILES string of the molecule is CCC1CCCC(NS(=O)(=O)c2scnc2C(=O)OC)C1. The number of rotatable bonds is 5. The van der Waals surface area contributed by atoms with Gasteiger partial charge in [0.2, 0.25) is 0 Å². The Labute approximate surface area is 129 Å². The van der Waals surface area contributed by atoms with E-state index in [1.165, 1.54) is 12.6 Å². The van der Waals surface area contributed by atoms with Gasteiger partial charge in [0, 0.05) is 6.04 Å². The summed E-state index contributed by atoms with van der Waals surface area (Å²) in [4.78, 5) is 15.4. The fraction of sp³-hybridized carbons (Fsp3) is 0.692. The highest BCUT2D eigenvalue weighted by Gasteiger charge is 2.30. The molecule has 6 nitrogen and oxygen atoms in total. The Morgan fingerprint density at radius 2 is 2.29 bits per heavy atom. The first-order chi connectivity index (χ1) is 9.97. The van der Waals surface area contributed by atoms with Gasteiger partial charge in [0.25, 0.3) is 10.0 Å². The third-order valence-corrected chi connectivity index (χ3v) is 6.73.